The van der Waals surface area contributed by atoms with E-state index in [9.17, 15) is 0 Å². The van der Waals surface area contributed by atoms with E-state index in [0.717, 1.165) is 30.1 Å². The summed E-state index contributed by atoms with van der Waals surface area (Å²) < 4.78 is 0. The smallest absolute Gasteiger partial charge is 0.127 e. The molecule has 0 saturated heterocycles. The predicted molar refractivity (Wildman–Crippen MR) is 86.3 cm³/mol. The molecule has 0 atom stereocenters. The summed E-state index contributed by atoms with van der Waals surface area (Å²) in [5.41, 5.74) is 1.77. The normalized spacial score (nSPS) is 37.0. The first-order valence-electron chi connectivity index (χ1n) is 8.49. The van der Waals surface area contributed by atoms with Crippen LogP contribution >= 0.6 is 0 Å². The first-order chi connectivity index (χ1) is 10.1. The Morgan fingerprint density at radius 3 is 2.19 bits per heavy atom. The fourth-order valence-corrected chi connectivity index (χ4v) is 5.40. The summed E-state index contributed by atoms with van der Waals surface area (Å²) in [5.74, 6) is 4.07. The van der Waals surface area contributed by atoms with Gasteiger partial charge in [0.05, 0.1) is 0 Å². The molecule has 1 aromatic rings. The molecule has 0 spiro atoms. The fraction of sp³-hybridized carbons (Fsp3) is 0.722. The molecule has 4 fully saturated rings. The number of rotatable bonds is 4. The average Bonchev–Trinajstić information content (AvgIpc) is 2.44. The van der Waals surface area contributed by atoms with Gasteiger partial charge in [-0.3, -0.25) is 0 Å². The standard InChI is InChI=1S/C18H27N3/c1-21(2)17-4-3-13(11-19-17)12-20-18-8-14-5-15(9-18)7-16(6-14)10-18/h3-4,11,14-16,20H,5-10,12H2,1-2H3. The molecule has 0 amide bonds. The SMILES string of the molecule is CN(C)c1ccc(CNC23CC4CC(CC(C4)C2)C3)cn1. The predicted octanol–water partition coefficient (Wildman–Crippen LogP) is 3.21. The minimum atomic E-state index is 0.453. The van der Waals surface area contributed by atoms with Crippen molar-refractivity contribution in [1.29, 1.82) is 0 Å². The monoisotopic (exact) mass is 285 g/mol. The maximum atomic E-state index is 4.53. The highest BCUT2D eigenvalue weighted by molar-refractivity contribution is 5.37. The van der Waals surface area contributed by atoms with Crippen molar-refractivity contribution >= 4 is 5.82 Å². The fourth-order valence-electron chi connectivity index (χ4n) is 5.40. The molecule has 0 aromatic carbocycles. The van der Waals surface area contributed by atoms with Gasteiger partial charge in [-0.15, -0.1) is 0 Å². The molecular weight excluding hydrogens is 258 g/mol. The summed E-state index contributed by atoms with van der Waals surface area (Å²) in [6.45, 7) is 0.979. The molecular formula is C18H27N3. The Hall–Kier alpha value is -1.09. The van der Waals surface area contributed by atoms with E-state index in [2.05, 4.69) is 27.3 Å². The molecule has 3 heteroatoms. The van der Waals surface area contributed by atoms with Crippen molar-refractivity contribution in [2.75, 3.05) is 19.0 Å². The third-order valence-corrected chi connectivity index (χ3v) is 5.97. The number of nitrogens with one attached hydrogen (secondary N) is 1. The molecule has 1 N–H and O–H groups in total. The van der Waals surface area contributed by atoms with Crippen molar-refractivity contribution in [1.82, 2.24) is 10.3 Å². The molecule has 1 aromatic heterocycles. The molecule has 3 nitrogen and oxygen atoms in total. The molecule has 21 heavy (non-hydrogen) atoms. The second-order valence-corrected chi connectivity index (χ2v) is 7.97. The van der Waals surface area contributed by atoms with Gasteiger partial charge in [0.2, 0.25) is 0 Å². The summed E-state index contributed by atoms with van der Waals surface area (Å²) in [5, 5.41) is 3.94. The van der Waals surface area contributed by atoms with Gasteiger partial charge >= 0.3 is 0 Å². The van der Waals surface area contributed by atoms with E-state index in [1.165, 1.54) is 44.1 Å². The van der Waals surface area contributed by atoms with Gasteiger partial charge in [-0.05, 0) is 67.9 Å². The minimum Gasteiger partial charge on any atom is -0.363 e. The number of aromatic nitrogens is 1. The molecule has 0 unspecified atom stereocenters. The molecule has 0 radical (unpaired) electrons. The highest BCUT2D eigenvalue weighted by Crippen LogP contribution is 2.55. The van der Waals surface area contributed by atoms with Gasteiger partial charge in [0.25, 0.3) is 0 Å². The van der Waals surface area contributed by atoms with Crippen LogP contribution < -0.4 is 10.2 Å². The third kappa shape index (κ3) is 2.57. The highest BCUT2D eigenvalue weighted by atomic mass is 15.1. The second-order valence-electron chi connectivity index (χ2n) is 7.97. The van der Waals surface area contributed by atoms with Crippen molar-refractivity contribution in [2.45, 2.75) is 50.6 Å². The Bertz CT molecular complexity index is 470. The van der Waals surface area contributed by atoms with Gasteiger partial charge in [-0.25, -0.2) is 4.98 Å². The van der Waals surface area contributed by atoms with E-state index in [1.54, 1.807) is 0 Å². The lowest BCUT2D eigenvalue weighted by atomic mass is 9.53. The largest absolute Gasteiger partial charge is 0.363 e. The quantitative estimate of drug-likeness (QED) is 0.921. The van der Waals surface area contributed by atoms with Crippen LogP contribution in [0.15, 0.2) is 18.3 Å². The van der Waals surface area contributed by atoms with E-state index < -0.39 is 0 Å². The number of pyridine rings is 1. The van der Waals surface area contributed by atoms with Crippen molar-refractivity contribution in [3.05, 3.63) is 23.9 Å². The van der Waals surface area contributed by atoms with Crippen LogP contribution in [0.5, 0.6) is 0 Å². The number of nitrogens with zero attached hydrogens (tertiary/aromatic N) is 2. The summed E-state index contributed by atoms with van der Waals surface area (Å²) in [7, 11) is 4.07. The van der Waals surface area contributed by atoms with Crippen LogP contribution in [0.25, 0.3) is 0 Å². The van der Waals surface area contributed by atoms with E-state index in [-0.39, 0.29) is 0 Å². The topological polar surface area (TPSA) is 28.2 Å². The van der Waals surface area contributed by atoms with Crippen molar-refractivity contribution in [3.8, 4) is 0 Å². The van der Waals surface area contributed by atoms with Gasteiger partial charge in [-0.1, -0.05) is 6.07 Å². The van der Waals surface area contributed by atoms with E-state index in [0.29, 0.717) is 5.54 Å². The van der Waals surface area contributed by atoms with Crippen LogP contribution in [0.2, 0.25) is 0 Å². The Morgan fingerprint density at radius 1 is 1.10 bits per heavy atom. The van der Waals surface area contributed by atoms with Gasteiger partial charge in [0, 0.05) is 32.4 Å². The van der Waals surface area contributed by atoms with Crippen molar-refractivity contribution < 1.29 is 0 Å². The van der Waals surface area contributed by atoms with E-state index >= 15 is 0 Å². The molecule has 5 rings (SSSR count). The van der Waals surface area contributed by atoms with Gasteiger partial charge in [-0.2, -0.15) is 0 Å². The lowest BCUT2D eigenvalue weighted by Crippen LogP contribution is -2.58. The highest BCUT2D eigenvalue weighted by Gasteiger charge is 2.50. The first-order valence-corrected chi connectivity index (χ1v) is 8.49. The maximum absolute atomic E-state index is 4.53. The van der Waals surface area contributed by atoms with E-state index in [1.807, 2.05) is 20.3 Å². The van der Waals surface area contributed by atoms with Crippen LogP contribution in [-0.2, 0) is 6.54 Å². The molecule has 4 aliphatic rings. The molecule has 4 bridgehead atoms. The summed E-state index contributed by atoms with van der Waals surface area (Å²) in [6.07, 6.45) is 10.8. The molecule has 4 saturated carbocycles. The van der Waals surface area contributed by atoms with Crippen LogP contribution in [0, 0.1) is 17.8 Å². The van der Waals surface area contributed by atoms with Crippen LogP contribution in [0.3, 0.4) is 0 Å². The summed E-state index contributed by atoms with van der Waals surface area (Å²) in [6, 6.07) is 4.34. The van der Waals surface area contributed by atoms with Crippen molar-refractivity contribution in [2.24, 2.45) is 17.8 Å². The first kappa shape index (κ1) is 13.6. The Labute approximate surface area is 128 Å². The van der Waals surface area contributed by atoms with Crippen LogP contribution in [0.1, 0.15) is 44.1 Å². The van der Waals surface area contributed by atoms with Gasteiger partial charge in [0.1, 0.15) is 5.82 Å². The second kappa shape index (κ2) is 4.98. The Balaban J connectivity index is 1.42. The van der Waals surface area contributed by atoms with Crippen molar-refractivity contribution in [3.63, 3.8) is 0 Å². The van der Waals surface area contributed by atoms with Gasteiger partial charge < -0.3 is 10.2 Å². The molecule has 1 heterocycles. The van der Waals surface area contributed by atoms with Crippen LogP contribution in [0.4, 0.5) is 5.82 Å². The number of hydrogen-bond acceptors (Lipinski definition) is 3. The van der Waals surface area contributed by atoms with Gasteiger partial charge in [0.15, 0.2) is 0 Å². The zero-order valence-electron chi connectivity index (χ0n) is 13.3. The summed E-state index contributed by atoms with van der Waals surface area (Å²) in [4.78, 5) is 6.58. The summed E-state index contributed by atoms with van der Waals surface area (Å²) >= 11 is 0. The lowest BCUT2D eigenvalue weighted by Gasteiger charge is -2.57. The number of hydrogen-bond donors (Lipinski definition) is 1. The van der Waals surface area contributed by atoms with E-state index in [4.69, 9.17) is 0 Å². The Kier molecular flexibility index (Phi) is 3.21. The number of anilines is 1. The minimum absolute atomic E-state index is 0.453. The Morgan fingerprint density at radius 2 is 1.71 bits per heavy atom. The molecule has 0 aliphatic heterocycles. The zero-order chi connectivity index (χ0) is 14.4. The maximum Gasteiger partial charge on any atom is 0.127 e. The zero-order valence-corrected chi connectivity index (χ0v) is 13.3. The lowest BCUT2D eigenvalue weighted by molar-refractivity contribution is -0.0206. The average molecular weight is 285 g/mol. The van der Waals surface area contributed by atoms with Crippen LogP contribution in [-0.4, -0.2) is 24.6 Å². The molecule has 114 valence electrons. The third-order valence-electron chi connectivity index (χ3n) is 5.97. The molecule has 4 aliphatic carbocycles.